The van der Waals surface area contributed by atoms with Crippen molar-refractivity contribution >= 4 is 38.7 Å². The molecule has 0 spiro atoms. The molecule has 2 amide bonds. The fourth-order valence-corrected chi connectivity index (χ4v) is 3.57. The number of piperazine rings is 1. The number of furan rings is 2. The molecule has 26 heavy (non-hydrogen) atoms. The van der Waals surface area contributed by atoms with Gasteiger partial charge in [-0.05, 0) is 37.3 Å². The summed E-state index contributed by atoms with van der Waals surface area (Å²) in [6.07, 6.45) is 1.48. The second-order valence-electron chi connectivity index (χ2n) is 6.26. The van der Waals surface area contributed by atoms with E-state index in [1.165, 1.54) is 6.26 Å². The number of rotatable bonds is 2. The number of fused-ring (bicyclic) bond motifs is 1. The zero-order valence-electron chi connectivity index (χ0n) is 14.2. The quantitative estimate of drug-likeness (QED) is 0.638. The van der Waals surface area contributed by atoms with Crippen molar-refractivity contribution in [2.24, 2.45) is 0 Å². The lowest BCUT2D eigenvalue weighted by molar-refractivity contribution is 0.0503. The van der Waals surface area contributed by atoms with E-state index in [0.717, 1.165) is 15.4 Å². The molecule has 0 aliphatic carbocycles. The van der Waals surface area contributed by atoms with Crippen LogP contribution in [0.4, 0.5) is 0 Å². The maximum atomic E-state index is 12.9. The van der Waals surface area contributed by atoms with Crippen molar-refractivity contribution in [2.45, 2.75) is 6.92 Å². The first kappa shape index (κ1) is 16.9. The summed E-state index contributed by atoms with van der Waals surface area (Å²) in [7, 11) is 0. The lowest BCUT2D eigenvalue weighted by Crippen LogP contribution is -2.50. The van der Waals surface area contributed by atoms with Gasteiger partial charge in [0.15, 0.2) is 11.5 Å². The molecular weight excluding hydrogens is 400 g/mol. The van der Waals surface area contributed by atoms with Crippen molar-refractivity contribution in [3.63, 3.8) is 0 Å². The maximum absolute atomic E-state index is 12.9. The Morgan fingerprint density at radius 2 is 1.73 bits per heavy atom. The SMILES string of the molecule is Cc1c(C(=O)N2CCN(C(=O)c3ccco3)CC2)oc2ccc(Br)cc12. The van der Waals surface area contributed by atoms with E-state index in [-0.39, 0.29) is 11.8 Å². The highest BCUT2D eigenvalue weighted by Crippen LogP contribution is 2.29. The molecule has 1 aliphatic rings. The average molecular weight is 417 g/mol. The second-order valence-corrected chi connectivity index (χ2v) is 7.17. The number of benzene rings is 1. The Bertz CT molecular complexity index is 969. The predicted octanol–water partition coefficient (Wildman–Crippen LogP) is 3.69. The first-order chi connectivity index (χ1) is 12.5. The molecule has 3 aromatic rings. The van der Waals surface area contributed by atoms with Crippen molar-refractivity contribution in [1.29, 1.82) is 0 Å². The van der Waals surface area contributed by atoms with Crippen molar-refractivity contribution in [1.82, 2.24) is 9.80 Å². The summed E-state index contributed by atoms with van der Waals surface area (Å²) < 4.78 is 11.9. The number of nitrogens with zero attached hydrogens (tertiary/aromatic N) is 2. The Kier molecular flexibility index (Phi) is 4.32. The van der Waals surface area contributed by atoms with Crippen LogP contribution in [0.25, 0.3) is 11.0 Å². The Labute approximate surface area is 158 Å². The molecule has 0 atom stereocenters. The molecule has 3 heterocycles. The van der Waals surface area contributed by atoms with E-state index >= 15 is 0 Å². The van der Waals surface area contributed by atoms with E-state index < -0.39 is 0 Å². The lowest BCUT2D eigenvalue weighted by Gasteiger charge is -2.34. The smallest absolute Gasteiger partial charge is 0.290 e. The molecule has 1 aliphatic heterocycles. The highest BCUT2D eigenvalue weighted by atomic mass is 79.9. The zero-order valence-corrected chi connectivity index (χ0v) is 15.8. The van der Waals surface area contributed by atoms with E-state index in [4.69, 9.17) is 8.83 Å². The third kappa shape index (κ3) is 2.92. The van der Waals surface area contributed by atoms with E-state index in [2.05, 4.69) is 15.9 Å². The highest BCUT2D eigenvalue weighted by Gasteiger charge is 2.29. The summed E-state index contributed by atoms with van der Waals surface area (Å²) in [6.45, 7) is 3.76. The van der Waals surface area contributed by atoms with Crippen molar-refractivity contribution in [3.8, 4) is 0 Å². The van der Waals surface area contributed by atoms with Gasteiger partial charge in [0, 0.05) is 41.6 Å². The first-order valence-corrected chi connectivity index (χ1v) is 9.14. The Morgan fingerprint density at radius 1 is 1.04 bits per heavy atom. The van der Waals surface area contributed by atoms with Crippen LogP contribution in [0, 0.1) is 6.92 Å². The first-order valence-electron chi connectivity index (χ1n) is 8.35. The average Bonchev–Trinajstić information content (AvgIpc) is 3.30. The van der Waals surface area contributed by atoms with Gasteiger partial charge in [-0.25, -0.2) is 0 Å². The van der Waals surface area contributed by atoms with E-state index in [9.17, 15) is 9.59 Å². The minimum Gasteiger partial charge on any atom is -0.459 e. The molecule has 0 unspecified atom stereocenters. The Balaban J connectivity index is 1.49. The third-order valence-corrected chi connectivity index (χ3v) is 5.17. The van der Waals surface area contributed by atoms with Gasteiger partial charge in [-0.3, -0.25) is 9.59 Å². The number of carbonyl (C=O) groups excluding carboxylic acids is 2. The summed E-state index contributed by atoms with van der Waals surface area (Å²) in [6, 6.07) is 9.03. The fraction of sp³-hybridized carbons (Fsp3) is 0.263. The van der Waals surface area contributed by atoms with Crippen LogP contribution in [-0.4, -0.2) is 47.8 Å². The van der Waals surface area contributed by atoms with Crippen LogP contribution in [0.1, 0.15) is 26.7 Å². The van der Waals surface area contributed by atoms with Gasteiger partial charge in [0.1, 0.15) is 5.58 Å². The lowest BCUT2D eigenvalue weighted by atomic mass is 10.1. The Hall–Kier alpha value is -2.54. The Morgan fingerprint density at radius 3 is 2.38 bits per heavy atom. The van der Waals surface area contributed by atoms with E-state index in [1.807, 2.05) is 25.1 Å². The molecule has 4 rings (SSSR count). The fourth-order valence-electron chi connectivity index (χ4n) is 3.21. The molecule has 1 fully saturated rings. The standard InChI is InChI=1S/C19H17BrN2O4/c1-12-14-11-13(20)4-5-15(14)26-17(12)19(24)22-8-6-21(7-9-22)18(23)16-3-2-10-25-16/h2-5,10-11H,6-9H2,1H3. The van der Waals surface area contributed by atoms with Gasteiger partial charge in [-0.15, -0.1) is 0 Å². The number of halogens is 1. The van der Waals surface area contributed by atoms with Gasteiger partial charge in [0.25, 0.3) is 11.8 Å². The molecule has 134 valence electrons. The predicted molar refractivity (Wildman–Crippen MR) is 99.2 cm³/mol. The summed E-state index contributed by atoms with van der Waals surface area (Å²) in [5.41, 5.74) is 1.53. The van der Waals surface area contributed by atoms with Crippen molar-refractivity contribution < 1.29 is 18.4 Å². The molecule has 0 bridgehead atoms. The summed E-state index contributed by atoms with van der Waals surface area (Å²) in [5, 5.41) is 0.925. The topological polar surface area (TPSA) is 66.9 Å². The monoisotopic (exact) mass is 416 g/mol. The van der Waals surface area contributed by atoms with E-state index in [1.54, 1.807) is 21.9 Å². The number of hydrogen-bond donors (Lipinski definition) is 0. The maximum Gasteiger partial charge on any atom is 0.290 e. The number of amides is 2. The summed E-state index contributed by atoms with van der Waals surface area (Å²) in [4.78, 5) is 28.6. The molecule has 0 saturated carbocycles. The number of hydrogen-bond acceptors (Lipinski definition) is 4. The van der Waals surface area contributed by atoms with Crippen LogP contribution in [0.3, 0.4) is 0 Å². The van der Waals surface area contributed by atoms with Crippen LogP contribution in [0.2, 0.25) is 0 Å². The molecule has 1 aromatic carbocycles. The number of carbonyl (C=O) groups is 2. The van der Waals surface area contributed by atoms with E-state index in [0.29, 0.717) is 43.3 Å². The van der Waals surface area contributed by atoms with Gasteiger partial charge in [-0.2, -0.15) is 0 Å². The van der Waals surface area contributed by atoms with Gasteiger partial charge in [0.05, 0.1) is 6.26 Å². The molecule has 0 N–H and O–H groups in total. The molecule has 0 radical (unpaired) electrons. The molecule has 7 heteroatoms. The second kappa shape index (κ2) is 6.64. The summed E-state index contributed by atoms with van der Waals surface area (Å²) >= 11 is 3.44. The van der Waals surface area contributed by atoms with Gasteiger partial charge >= 0.3 is 0 Å². The van der Waals surface area contributed by atoms with Crippen LogP contribution in [-0.2, 0) is 0 Å². The summed E-state index contributed by atoms with van der Waals surface area (Å²) in [5.74, 6) is 0.402. The van der Waals surface area contributed by atoms with Crippen molar-refractivity contribution in [2.75, 3.05) is 26.2 Å². The van der Waals surface area contributed by atoms with Gasteiger partial charge in [-0.1, -0.05) is 15.9 Å². The highest BCUT2D eigenvalue weighted by molar-refractivity contribution is 9.10. The number of aryl methyl sites for hydroxylation is 1. The third-order valence-electron chi connectivity index (χ3n) is 4.68. The molecular formula is C19H17BrN2O4. The molecule has 1 saturated heterocycles. The van der Waals surface area contributed by atoms with Crippen molar-refractivity contribution in [3.05, 3.63) is 58.2 Å². The minimum atomic E-state index is -0.146. The van der Waals surface area contributed by atoms with Crippen LogP contribution < -0.4 is 0 Å². The van der Waals surface area contributed by atoms with Gasteiger partial charge in [0.2, 0.25) is 0 Å². The molecule has 2 aromatic heterocycles. The van der Waals surface area contributed by atoms with Crippen LogP contribution >= 0.6 is 15.9 Å². The molecule has 6 nitrogen and oxygen atoms in total. The zero-order chi connectivity index (χ0) is 18.3. The largest absolute Gasteiger partial charge is 0.459 e. The van der Waals surface area contributed by atoms with Crippen LogP contribution in [0.5, 0.6) is 0 Å². The normalized spacial score (nSPS) is 14.8. The minimum absolute atomic E-state index is 0.139. The van der Waals surface area contributed by atoms with Crippen LogP contribution in [0.15, 0.2) is 49.9 Å². The van der Waals surface area contributed by atoms with Gasteiger partial charge < -0.3 is 18.6 Å².